The Kier molecular flexibility index (Phi) is 6.81. The number of aliphatic hydroxyl groups is 1. The van der Waals surface area contributed by atoms with Crippen molar-refractivity contribution in [3.05, 3.63) is 51.2 Å². The fraction of sp³-hybridized carbons (Fsp3) is 0.524. The summed E-state index contributed by atoms with van der Waals surface area (Å²) in [5.41, 5.74) is 3.56. The van der Waals surface area contributed by atoms with Crippen molar-refractivity contribution in [3.63, 3.8) is 0 Å². The molecule has 154 valence electrons. The molecule has 5 nitrogen and oxygen atoms in total. The Morgan fingerprint density at radius 2 is 2.00 bits per heavy atom. The Hall–Kier alpha value is -1.41. The lowest BCUT2D eigenvalue weighted by atomic mass is 10.1. The van der Waals surface area contributed by atoms with Crippen molar-refractivity contribution in [2.75, 3.05) is 24.7 Å². The summed E-state index contributed by atoms with van der Waals surface area (Å²) in [5.74, 6) is 1.14. The Balaban J connectivity index is 1.64. The number of thiophene rings is 1. The van der Waals surface area contributed by atoms with Crippen LogP contribution in [0.3, 0.4) is 0 Å². The molecular weight excluding hydrogens is 394 g/mol. The van der Waals surface area contributed by atoms with Gasteiger partial charge in [0.1, 0.15) is 18.5 Å². The third-order valence-electron chi connectivity index (χ3n) is 5.41. The first-order valence-corrected chi connectivity index (χ1v) is 12.3. The van der Waals surface area contributed by atoms with Crippen LogP contribution in [-0.2, 0) is 16.4 Å². The molecule has 2 unspecified atom stereocenters. The summed E-state index contributed by atoms with van der Waals surface area (Å²) in [6.07, 6.45) is -0.0671. The average Bonchev–Trinajstić information content (AvgIpc) is 3.20. The molecule has 0 amide bonds. The van der Waals surface area contributed by atoms with Crippen LogP contribution >= 0.6 is 11.3 Å². The SMILES string of the molecule is Cc1ccc(OCC(O)CN(Cc2sccc2C)C2CCS(=O)(=O)C2)cc1C. The van der Waals surface area contributed by atoms with Gasteiger partial charge in [-0.3, -0.25) is 4.90 Å². The van der Waals surface area contributed by atoms with Crippen LogP contribution < -0.4 is 4.74 Å². The highest BCUT2D eigenvalue weighted by molar-refractivity contribution is 7.91. The molecule has 0 aliphatic carbocycles. The predicted molar refractivity (Wildman–Crippen MR) is 114 cm³/mol. The Labute approximate surface area is 171 Å². The molecule has 1 N–H and O–H groups in total. The molecule has 3 rings (SSSR count). The maximum absolute atomic E-state index is 12.0. The highest BCUT2D eigenvalue weighted by Gasteiger charge is 2.33. The quantitative estimate of drug-likeness (QED) is 0.707. The van der Waals surface area contributed by atoms with Crippen molar-refractivity contribution >= 4 is 21.2 Å². The van der Waals surface area contributed by atoms with Gasteiger partial charge in [0.25, 0.3) is 0 Å². The van der Waals surface area contributed by atoms with Crippen LogP contribution in [0.25, 0.3) is 0 Å². The number of sulfone groups is 1. The number of hydrogen-bond acceptors (Lipinski definition) is 6. The van der Waals surface area contributed by atoms with Crippen molar-refractivity contribution in [3.8, 4) is 5.75 Å². The molecule has 2 atom stereocenters. The monoisotopic (exact) mass is 423 g/mol. The van der Waals surface area contributed by atoms with Crippen LogP contribution in [-0.4, -0.2) is 55.2 Å². The van der Waals surface area contributed by atoms with Gasteiger partial charge in [-0.05, 0) is 67.5 Å². The van der Waals surface area contributed by atoms with Crippen LogP contribution in [0, 0.1) is 20.8 Å². The van der Waals surface area contributed by atoms with Gasteiger partial charge in [0.05, 0.1) is 11.5 Å². The fourth-order valence-electron chi connectivity index (χ4n) is 3.48. The molecule has 2 aromatic rings. The van der Waals surface area contributed by atoms with Crippen molar-refractivity contribution < 1.29 is 18.3 Å². The van der Waals surface area contributed by atoms with Crippen molar-refractivity contribution in [1.82, 2.24) is 4.90 Å². The minimum absolute atomic E-state index is 0.0530. The molecule has 0 saturated carbocycles. The maximum Gasteiger partial charge on any atom is 0.151 e. The van der Waals surface area contributed by atoms with Gasteiger partial charge in [0.2, 0.25) is 0 Å². The van der Waals surface area contributed by atoms with Crippen molar-refractivity contribution in [2.45, 2.75) is 45.9 Å². The molecule has 28 heavy (non-hydrogen) atoms. The van der Waals surface area contributed by atoms with E-state index in [4.69, 9.17) is 4.74 Å². The van der Waals surface area contributed by atoms with Crippen LogP contribution in [0.2, 0.25) is 0 Å². The third-order valence-corrected chi connectivity index (χ3v) is 8.16. The number of rotatable bonds is 8. The van der Waals surface area contributed by atoms with E-state index in [-0.39, 0.29) is 24.2 Å². The fourth-order valence-corrected chi connectivity index (χ4v) is 6.17. The van der Waals surface area contributed by atoms with Gasteiger partial charge in [-0.1, -0.05) is 6.07 Å². The van der Waals surface area contributed by atoms with Gasteiger partial charge < -0.3 is 9.84 Å². The van der Waals surface area contributed by atoms with Gasteiger partial charge in [-0.25, -0.2) is 8.42 Å². The van der Waals surface area contributed by atoms with Gasteiger partial charge in [-0.15, -0.1) is 11.3 Å². The van der Waals surface area contributed by atoms with E-state index >= 15 is 0 Å². The minimum Gasteiger partial charge on any atom is -0.491 e. The van der Waals surface area contributed by atoms with Gasteiger partial charge in [0.15, 0.2) is 9.84 Å². The van der Waals surface area contributed by atoms with E-state index in [9.17, 15) is 13.5 Å². The summed E-state index contributed by atoms with van der Waals surface area (Å²) in [5, 5.41) is 12.6. The highest BCUT2D eigenvalue weighted by atomic mass is 32.2. The molecule has 0 radical (unpaired) electrons. The Morgan fingerprint density at radius 3 is 2.61 bits per heavy atom. The van der Waals surface area contributed by atoms with E-state index in [1.807, 2.05) is 37.4 Å². The third kappa shape index (κ3) is 5.56. The zero-order valence-electron chi connectivity index (χ0n) is 16.7. The summed E-state index contributed by atoms with van der Waals surface area (Å²) < 4.78 is 29.7. The molecule has 2 heterocycles. The smallest absolute Gasteiger partial charge is 0.151 e. The van der Waals surface area contributed by atoms with Crippen LogP contribution in [0.15, 0.2) is 29.6 Å². The highest BCUT2D eigenvalue weighted by Crippen LogP contribution is 2.24. The van der Waals surface area contributed by atoms with Crippen LogP contribution in [0.5, 0.6) is 5.75 Å². The molecular formula is C21H29NO4S2. The van der Waals surface area contributed by atoms with Crippen molar-refractivity contribution in [2.24, 2.45) is 0 Å². The zero-order chi connectivity index (χ0) is 20.3. The van der Waals surface area contributed by atoms with Crippen LogP contribution in [0.1, 0.15) is 28.0 Å². The molecule has 1 aliphatic heterocycles. The van der Waals surface area contributed by atoms with E-state index in [0.29, 0.717) is 19.5 Å². The first-order chi connectivity index (χ1) is 13.2. The van der Waals surface area contributed by atoms with E-state index in [0.717, 1.165) is 11.3 Å². The predicted octanol–water partition coefficient (Wildman–Crippen LogP) is 3.10. The van der Waals surface area contributed by atoms with Gasteiger partial charge in [-0.2, -0.15) is 0 Å². The normalized spacial score (nSPS) is 19.8. The summed E-state index contributed by atoms with van der Waals surface area (Å²) in [4.78, 5) is 3.32. The van der Waals surface area contributed by atoms with Gasteiger partial charge >= 0.3 is 0 Å². The topological polar surface area (TPSA) is 66.8 Å². The van der Waals surface area contributed by atoms with Gasteiger partial charge in [0, 0.05) is 24.0 Å². The average molecular weight is 424 g/mol. The molecule has 1 fully saturated rings. The summed E-state index contributed by atoms with van der Waals surface area (Å²) in [6, 6.07) is 7.90. The number of ether oxygens (including phenoxy) is 1. The molecule has 1 saturated heterocycles. The number of nitrogens with zero attached hydrogens (tertiary/aromatic N) is 1. The van der Waals surface area contributed by atoms with E-state index in [1.54, 1.807) is 11.3 Å². The lowest BCUT2D eigenvalue weighted by Crippen LogP contribution is -2.42. The van der Waals surface area contributed by atoms with Crippen LogP contribution in [0.4, 0.5) is 0 Å². The second-order valence-corrected chi connectivity index (χ2v) is 11.0. The lowest BCUT2D eigenvalue weighted by Gasteiger charge is -2.30. The number of aliphatic hydroxyl groups excluding tert-OH is 1. The molecule has 1 aromatic carbocycles. The Morgan fingerprint density at radius 1 is 1.21 bits per heavy atom. The molecule has 0 bridgehead atoms. The number of hydrogen-bond donors (Lipinski definition) is 1. The second kappa shape index (κ2) is 8.95. The van der Waals surface area contributed by atoms with E-state index in [2.05, 4.69) is 17.9 Å². The minimum atomic E-state index is -2.98. The molecule has 1 aliphatic rings. The number of aryl methyl sites for hydroxylation is 3. The summed E-state index contributed by atoms with van der Waals surface area (Å²) in [6.45, 7) is 7.38. The molecule has 1 aromatic heterocycles. The standard InChI is InChI=1S/C21H29NO4S2/c1-15-4-5-20(10-17(15)3)26-13-19(23)11-22(12-21-16(2)6-8-27-21)18-7-9-28(24,25)14-18/h4-6,8,10,18-19,23H,7,9,11-14H2,1-3H3. The maximum atomic E-state index is 12.0. The second-order valence-electron chi connectivity index (χ2n) is 7.72. The van der Waals surface area contributed by atoms with Crippen molar-refractivity contribution in [1.29, 1.82) is 0 Å². The first-order valence-electron chi connectivity index (χ1n) is 9.59. The number of benzene rings is 1. The summed E-state index contributed by atoms with van der Waals surface area (Å²) >= 11 is 1.67. The first kappa shape index (κ1) is 21.3. The van der Waals surface area contributed by atoms with E-state index < -0.39 is 15.9 Å². The zero-order valence-corrected chi connectivity index (χ0v) is 18.4. The largest absolute Gasteiger partial charge is 0.491 e. The Bertz CT molecular complexity index is 907. The summed E-state index contributed by atoms with van der Waals surface area (Å²) in [7, 11) is -2.98. The lowest BCUT2D eigenvalue weighted by molar-refractivity contribution is 0.0528. The molecule has 7 heteroatoms. The van der Waals surface area contributed by atoms with E-state index in [1.165, 1.54) is 16.0 Å². The molecule has 0 spiro atoms.